The van der Waals surface area contributed by atoms with Gasteiger partial charge in [0.1, 0.15) is 0 Å². The van der Waals surface area contributed by atoms with E-state index in [1.807, 2.05) is 53.4 Å². The molecule has 0 spiro atoms. The molecule has 2 aromatic carbocycles. The van der Waals surface area contributed by atoms with E-state index < -0.39 is 0 Å². The van der Waals surface area contributed by atoms with Crippen molar-refractivity contribution in [1.82, 2.24) is 15.5 Å². The number of hydrogen-bond donors (Lipinski definition) is 2. The Balaban J connectivity index is 1.31. The molecule has 0 radical (unpaired) electrons. The van der Waals surface area contributed by atoms with Gasteiger partial charge in [-0.25, -0.2) is 0 Å². The van der Waals surface area contributed by atoms with Crippen LogP contribution in [0.1, 0.15) is 35.2 Å². The topological polar surface area (TPSA) is 78.5 Å². The molecule has 1 heterocycles. The van der Waals surface area contributed by atoms with Crippen molar-refractivity contribution in [2.24, 2.45) is 5.92 Å². The van der Waals surface area contributed by atoms with E-state index in [4.69, 9.17) is 0 Å². The average Bonchev–Trinajstić information content (AvgIpc) is 2.81. The maximum absolute atomic E-state index is 12.4. The fraction of sp³-hybridized carbons (Fsp3) is 0.375. The van der Waals surface area contributed by atoms with Crippen LogP contribution in [0.5, 0.6) is 0 Å². The van der Waals surface area contributed by atoms with Crippen LogP contribution >= 0.6 is 0 Å². The van der Waals surface area contributed by atoms with Gasteiger partial charge < -0.3 is 15.5 Å². The summed E-state index contributed by atoms with van der Waals surface area (Å²) in [6.45, 7) is 2.02. The van der Waals surface area contributed by atoms with Crippen molar-refractivity contribution in [1.29, 1.82) is 0 Å². The Morgan fingerprint density at radius 3 is 2.10 bits per heavy atom. The molecule has 158 valence electrons. The van der Waals surface area contributed by atoms with Crippen LogP contribution in [0.3, 0.4) is 0 Å². The first kappa shape index (κ1) is 21.6. The number of benzene rings is 2. The first-order valence-electron chi connectivity index (χ1n) is 10.6. The molecule has 0 aromatic heterocycles. The quantitative estimate of drug-likeness (QED) is 0.660. The molecule has 1 aliphatic rings. The van der Waals surface area contributed by atoms with Gasteiger partial charge in [-0.3, -0.25) is 14.4 Å². The molecule has 0 bridgehead atoms. The Morgan fingerprint density at radius 1 is 0.833 bits per heavy atom. The van der Waals surface area contributed by atoms with Crippen LogP contribution in [-0.4, -0.2) is 48.8 Å². The van der Waals surface area contributed by atoms with E-state index in [1.54, 1.807) is 12.1 Å². The summed E-state index contributed by atoms with van der Waals surface area (Å²) in [5.74, 6) is -0.0677. The van der Waals surface area contributed by atoms with E-state index in [1.165, 1.54) is 5.56 Å². The third kappa shape index (κ3) is 6.44. The summed E-state index contributed by atoms with van der Waals surface area (Å²) in [6, 6.07) is 19.0. The minimum absolute atomic E-state index is 0.000319. The van der Waals surface area contributed by atoms with Gasteiger partial charge in [-0.2, -0.15) is 0 Å². The molecule has 2 N–H and O–H groups in total. The normalized spacial score (nSPS) is 14.2. The molecule has 1 saturated heterocycles. The second-order valence-corrected chi connectivity index (χ2v) is 7.55. The molecule has 3 amide bonds. The standard InChI is InChI=1S/C24H29N3O3/c28-22(12-11-19-7-3-1-4-8-19)27-17-13-21(14-18-27)24(30)26-16-15-25-23(29)20-9-5-2-6-10-20/h1-10,21H,11-18H2,(H,25,29)(H,26,30). The largest absolute Gasteiger partial charge is 0.354 e. The van der Waals surface area contributed by atoms with E-state index in [0.29, 0.717) is 51.0 Å². The van der Waals surface area contributed by atoms with Crippen LogP contribution in [-0.2, 0) is 16.0 Å². The van der Waals surface area contributed by atoms with E-state index in [-0.39, 0.29) is 23.6 Å². The first-order valence-corrected chi connectivity index (χ1v) is 10.6. The number of amides is 3. The molecule has 0 unspecified atom stereocenters. The van der Waals surface area contributed by atoms with Crippen molar-refractivity contribution in [3.63, 3.8) is 0 Å². The Labute approximate surface area is 177 Å². The van der Waals surface area contributed by atoms with Crippen LogP contribution in [0.2, 0.25) is 0 Å². The van der Waals surface area contributed by atoms with E-state index in [0.717, 1.165) is 6.42 Å². The fourth-order valence-corrected chi connectivity index (χ4v) is 3.64. The van der Waals surface area contributed by atoms with Crippen molar-refractivity contribution in [2.75, 3.05) is 26.2 Å². The van der Waals surface area contributed by atoms with Crippen molar-refractivity contribution in [3.8, 4) is 0 Å². The number of aryl methyl sites for hydroxylation is 1. The van der Waals surface area contributed by atoms with Crippen molar-refractivity contribution in [2.45, 2.75) is 25.7 Å². The molecule has 0 atom stereocenters. The molecule has 6 heteroatoms. The highest BCUT2D eigenvalue weighted by atomic mass is 16.2. The lowest BCUT2D eigenvalue weighted by Crippen LogP contribution is -2.44. The molecule has 0 saturated carbocycles. The Morgan fingerprint density at radius 2 is 1.43 bits per heavy atom. The smallest absolute Gasteiger partial charge is 0.251 e. The Hall–Kier alpha value is -3.15. The Bertz CT molecular complexity index is 831. The summed E-state index contributed by atoms with van der Waals surface area (Å²) >= 11 is 0. The molecular formula is C24H29N3O3. The van der Waals surface area contributed by atoms with Gasteiger partial charge in [0.05, 0.1) is 0 Å². The number of likely N-dealkylation sites (tertiary alicyclic amines) is 1. The van der Waals surface area contributed by atoms with Crippen LogP contribution in [0.15, 0.2) is 60.7 Å². The SMILES string of the molecule is O=C(NCCNC(=O)C1CCN(C(=O)CCc2ccccc2)CC1)c1ccccc1. The summed E-state index contributed by atoms with van der Waals surface area (Å²) in [5, 5.41) is 5.69. The van der Waals surface area contributed by atoms with Crippen LogP contribution < -0.4 is 10.6 Å². The lowest BCUT2D eigenvalue weighted by molar-refractivity contribution is -0.135. The predicted octanol–water partition coefficient (Wildman–Crippen LogP) is 2.40. The molecule has 0 aliphatic carbocycles. The van der Waals surface area contributed by atoms with Crippen molar-refractivity contribution >= 4 is 17.7 Å². The van der Waals surface area contributed by atoms with E-state index in [2.05, 4.69) is 10.6 Å². The zero-order valence-corrected chi connectivity index (χ0v) is 17.2. The van der Waals surface area contributed by atoms with Gasteiger partial charge in [-0.15, -0.1) is 0 Å². The molecule has 2 aromatic rings. The molecule has 1 aliphatic heterocycles. The van der Waals surface area contributed by atoms with Crippen LogP contribution in [0.4, 0.5) is 0 Å². The second-order valence-electron chi connectivity index (χ2n) is 7.55. The third-order valence-corrected chi connectivity index (χ3v) is 5.43. The van der Waals surface area contributed by atoms with E-state index in [9.17, 15) is 14.4 Å². The van der Waals surface area contributed by atoms with Crippen molar-refractivity contribution < 1.29 is 14.4 Å². The first-order chi connectivity index (χ1) is 14.6. The number of piperidine rings is 1. The van der Waals surface area contributed by atoms with E-state index >= 15 is 0 Å². The Kier molecular flexibility index (Phi) is 8.01. The zero-order valence-electron chi connectivity index (χ0n) is 17.2. The zero-order chi connectivity index (χ0) is 21.2. The summed E-state index contributed by atoms with van der Waals surface area (Å²) in [5.41, 5.74) is 1.77. The average molecular weight is 408 g/mol. The monoisotopic (exact) mass is 407 g/mol. The van der Waals surface area contributed by atoms with Gasteiger partial charge >= 0.3 is 0 Å². The summed E-state index contributed by atoms with van der Waals surface area (Å²) < 4.78 is 0. The van der Waals surface area contributed by atoms with Gasteiger partial charge in [0.25, 0.3) is 5.91 Å². The highest BCUT2D eigenvalue weighted by molar-refractivity contribution is 5.94. The maximum Gasteiger partial charge on any atom is 0.251 e. The van der Waals surface area contributed by atoms with Gasteiger partial charge in [-0.05, 0) is 37.0 Å². The minimum Gasteiger partial charge on any atom is -0.354 e. The molecule has 1 fully saturated rings. The third-order valence-electron chi connectivity index (χ3n) is 5.43. The van der Waals surface area contributed by atoms with Gasteiger partial charge in [0.2, 0.25) is 11.8 Å². The van der Waals surface area contributed by atoms with Gasteiger partial charge in [0, 0.05) is 44.1 Å². The highest BCUT2D eigenvalue weighted by Crippen LogP contribution is 2.18. The number of nitrogens with one attached hydrogen (secondary N) is 2. The maximum atomic E-state index is 12.4. The lowest BCUT2D eigenvalue weighted by Gasteiger charge is -2.31. The molecular weight excluding hydrogens is 378 g/mol. The molecule has 6 nitrogen and oxygen atoms in total. The number of nitrogens with zero attached hydrogens (tertiary/aromatic N) is 1. The van der Waals surface area contributed by atoms with Gasteiger partial charge in [-0.1, -0.05) is 48.5 Å². The number of carbonyl (C=O) groups is 3. The predicted molar refractivity (Wildman–Crippen MR) is 116 cm³/mol. The van der Waals surface area contributed by atoms with Gasteiger partial charge in [0.15, 0.2) is 0 Å². The fourth-order valence-electron chi connectivity index (χ4n) is 3.64. The summed E-state index contributed by atoms with van der Waals surface area (Å²) in [4.78, 5) is 38.6. The minimum atomic E-state index is -0.146. The number of carbonyl (C=O) groups excluding carboxylic acids is 3. The molecule has 3 rings (SSSR count). The lowest BCUT2D eigenvalue weighted by atomic mass is 9.95. The van der Waals surface area contributed by atoms with Crippen molar-refractivity contribution in [3.05, 3.63) is 71.8 Å². The summed E-state index contributed by atoms with van der Waals surface area (Å²) in [6.07, 6.45) is 2.61. The van der Waals surface area contributed by atoms with Crippen LogP contribution in [0.25, 0.3) is 0 Å². The highest BCUT2D eigenvalue weighted by Gasteiger charge is 2.26. The summed E-state index contributed by atoms with van der Waals surface area (Å²) in [7, 11) is 0. The molecule has 30 heavy (non-hydrogen) atoms. The number of hydrogen-bond acceptors (Lipinski definition) is 3. The number of rotatable bonds is 8. The second kappa shape index (κ2) is 11.1. The van der Waals surface area contributed by atoms with Crippen LogP contribution in [0, 0.1) is 5.92 Å².